The van der Waals surface area contributed by atoms with Crippen LogP contribution in [0.4, 0.5) is 4.79 Å². The van der Waals surface area contributed by atoms with Gasteiger partial charge in [0.15, 0.2) is 0 Å². The molecule has 8 nitrogen and oxygen atoms in total. The van der Waals surface area contributed by atoms with Crippen LogP contribution in [-0.2, 0) is 14.3 Å². The smallest absolute Gasteiger partial charge is 0.315 e. The molecule has 3 rings (SSSR count). The standard InChI is InChI=1S/C22H36N4O4S/c27-20(8-4-3-7-19-21-18(16-31-19)25-22(28)26-21)24-10-12-30-14-13-29-11-9-23-15-17-5-1-2-6-17/h1-2,5,18-19,21,23H,3-4,6-16H2,(H,24,27)(H2,25,26,28)/t18-,19-,21-/m0/s1. The zero-order valence-electron chi connectivity index (χ0n) is 18.2. The fourth-order valence-corrected chi connectivity index (χ4v) is 5.51. The predicted molar refractivity (Wildman–Crippen MR) is 123 cm³/mol. The minimum atomic E-state index is -0.0453. The van der Waals surface area contributed by atoms with E-state index in [1.54, 1.807) is 0 Å². The molecular weight excluding hydrogens is 416 g/mol. The van der Waals surface area contributed by atoms with Crippen LogP contribution in [0.2, 0.25) is 0 Å². The molecule has 0 saturated carbocycles. The minimum absolute atomic E-state index is 0.0453. The predicted octanol–water partition coefficient (Wildman–Crippen LogP) is 1.34. The Morgan fingerprint density at radius 2 is 1.97 bits per heavy atom. The summed E-state index contributed by atoms with van der Waals surface area (Å²) in [5, 5.41) is 12.7. The summed E-state index contributed by atoms with van der Waals surface area (Å²) in [6.45, 7) is 4.56. The highest BCUT2D eigenvalue weighted by molar-refractivity contribution is 8.00. The molecule has 3 amide bonds. The van der Waals surface area contributed by atoms with Crippen molar-refractivity contribution in [2.75, 3.05) is 51.8 Å². The van der Waals surface area contributed by atoms with E-state index in [0.29, 0.717) is 44.6 Å². The van der Waals surface area contributed by atoms with Gasteiger partial charge in [-0.15, -0.1) is 0 Å². The van der Waals surface area contributed by atoms with E-state index in [0.717, 1.165) is 44.5 Å². The van der Waals surface area contributed by atoms with Gasteiger partial charge in [0.25, 0.3) is 0 Å². The van der Waals surface area contributed by atoms with Gasteiger partial charge in [-0.25, -0.2) is 4.79 Å². The number of amides is 3. The second-order valence-corrected chi connectivity index (χ2v) is 9.35. The molecule has 174 valence electrons. The number of rotatable bonds is 16. The summed E-state index contributed by atoms with van der Waals surface area (Å²) < 4.78 is 11.0. The third-order valence-electron chi connectivity index (χ3n) is 5.64. The molecule has 4 N–H and O–H groups in total. The molecule has 0 unspecified atom stereocenters. The summed E-state index contributed by atoms with van der Waals surface area (Å²) in [6.07, 6.45) is 10.9. The molecule has 0 aromatic rings. The van der Waals surface area contributed by atoms with Crippen molar-refractivity contribution in [2.45, 2.75) is 49.4 Å². The van der Waals surface area contributed by atoms with Gasteiger partial charge < -0.3 is 30.7 Å². The van der Waals surface area contributed by atoms with Crippen molar-refractivity contribution >= 4 is 23.7 Å². The van der Waals surface area contributed by atoms with Crippen LogP contribution in [0, 0.1) is 0 Å². The Morgan fingerprint density at radius 1 is 1.13 bits per heavy atom. The van der Waals surface area contributed by atoms with E-state index < -0.39 is 0 Å². The van der Waals surface area contributed by atoms with Crippen molar-refractivity contribution < 1.29 is 19.1 Å². The van der Waals surface area contributed by atoms with E-state index in [1.165, 1.54) is 5.57 Å². The number of nitrogens with one attached hydrogen (secondary N) is 4. The highest BCUT2D eigenvalue weighted by atomic mass is 32.2. The average molecular weight is 453 g/mol. The lowest BCUT2D eigenvalue weighted by Gasteiger charge is -2.16. The third-order valence-corrected chi connectivity index (χ3v) is 7.15. The van der Waals surface area contributed by atoms with Crippen molar-refractivity contribution in [3.05, 3.63) is 23.8 Å². The highest BCUT2D eigenvalue weighted by Gasteiger charge is 2.42. The fraction of sp³-hybridized carbons (Fsp3) is 0.727. The monoisotopic (exact) mass is 452 g/mol. The first-order chi connectivity index (χ1) is 15.2. The number of thioether (sulfide) groups is 1. The highest BCUT2D eigenvalue weighted by Crippen LogP contribution is 2.33. The Balaban J connectivity index is 1.05. The van der Waals surface area contributed by atoms with Gasteiger partial charge in [-0.3, -0.25) is 4.79 Å². The fourth-order valence-electron chi connectivity index (χ4n) is 3.96. The summed E-state index contributed by atoms with van der Waals surface area (Å²) in [5.41, 5.74) is 1.41. The molecule has 2 fully saturated rings. The number of fused-ring (bicyclic) bond motifs is 1. The molecule has 1 aliphatic carbocycles. The summed E-state index contributed by atoms with van der Waals surface area (Å²) in [7, 11) is 0. The van der Waals surface area contributed by atoms with Gasteiger partial charge in [0.1, 0.15) is 0 Å². The quantitative estimate of drug-likeness (QED) is 0.208. The molecule has 0 aromatic carbocycles. The van der Waals surface area contributed by atoms with Crippen LogP contribution in [0.1, 0.15) is 32.1 Å². The maximum absolute atomic E-state index is 11.9. The number of urea groups is 1. The summed E-state index contributed by atoms with van der Waals surface area (Å²) in [4.78, 5) is 23.3. The first-order valence-electron chi connectivity index (χ1n) is 11.4. The molecule has 9 heteroatoms. The average Bonchev–Trinajstić information content (AvgIpc) is 3.48. The van der Waals surface area contributed by atoms with Crippen molar-refractivity contribution in [2.24, 2.45) is 0 Å². The molecule has 0 spiro atoms. The first kappa shape index (κ1) is 24.1. The Bertz CT molecular complexity index is 643. The minimum Gasteiger partial charge on any atom is -0.378 e. The van der Waals surface area contributed by atoms with E-state index in [9.17, 15) is 9.59 Å². The molecule has 0 bridgehead atoms. The van der Waals surface area contributed by atoms with Crippen molar-refractivity contribution in [1.29, 1.82) is 0 Å². The molecule has 2 aliphatic heterocycles. The molecule has 31 heavy (non-hydrogen) atoms. The number of hydrogen-bond acceptors (Lipinski definition) is 6. The van der Waals surface area contributed by atoms with Crippen LogP contribution in [0.25, 0.3) is 0 Å². The number of ether oxygens (including phenoxy) is 2. The molecular formula is C22H36N4O4S. The van der Waals surface area contributed by atoms with Gasteiger partial charge in [-0.05, 0) is 19.3 Å². The number of carbonyl (C=O) groups excluding carboxylic acids is 2. The maximum Gasteiger partial charge on any atom is 0.315 e. The van der Waals surface area contributed by atoms with Crippen LogP contribution < -0.4 is 21.3 Å². The second-order valence-electron chi connectivity index (χ2n) is 8.08. The van der Waals surface area contributed by atoms with Gasteiger partial charge in [0.05, 0.1) is 38.5 Å². The van der Waals surface area contributed by atoms with E-state index >= 15 is 0 Å². The number of allylic oxidation sites excluding steroid dienone is 3. The van der Waals surface area contributed by atoms with Crippen LogP contribution in [-0.4, -0.2) is 81.1 Å². The van der Waals surface area contributed by atoms with Crippen molar-refractivity contribution in [3.63, 3.8) is 0 Å². The molecule has 0 aromatic heterocycles. The summed E-state index contributed by atoms with van der Waals surface area (Å²) in [5.74, 6) is 1.05. The lowest BCUT2D eigenvalue weighted by molar-refractivity contribution is -0.121. The van der Waals surface area contributed by atoms with E-state index in [-0.39, 0.29) is 24.0 Å². The summed E-state index contributed by atoms with van der Waals surface area (Å²) in [6, 6.07) is 0.469. The second kappa shape index (κ2) is 13.8. The van der Waals surface area contributed by atoms with E-state index in [2.05, 4.69) is 39.5 Å². The lowest BCUT2D eigenvalue weighted by atomic mass is 10.0. The van der Waals surface area contributed by atoms with Crippen molar-refractivity contribution in [1.82, 2.24) is 21.3 Å². The summed E-state index contributed by atoms with van der Waals surface area (Å²) >= 11 is 1.92. The molecule has 2 saturated heterocycles. The zero-order chi connectivity index (χ0) is 21.7. The van der Waals surface area contributed by atoms with Crippen LogP contribution in [0.5, 0.6) is 0 Å². The molecule has 0 radical (unpaired) electrons. The van der Waals surface area contributed by atoms with Gasteiger partial charge in [-0.1, -0.05) is 30.2 Å². The van der Waals surface area contributed by atoms with Gasteiger partial charge in [-0.2, -0.15) is 11.8 Å². The Morgan fingerprint density at radius 3 is 2.77 bits per heavy atom. The normalized spacial score (nSPS) is 24.1. The van der Waals surface area contributed by atoms with Crippen LogP contribution in [0.15, 0.2) is 23.8 Å². The number of unbranched alkanes of at least 4 members (excludes halogenated alkanes) is 1. The van der Waals surface area contributed by atoms with Gasteiger partial charge >= 0.3 is 6.03 Å². The van der Waals surface area contributed by atoms with Crippen molar-refractivity contribution in [3.8, 4) is 0 Å². The number of hydrogen-bond donors (Lipinski definition) is 4. The SMILES string of the molecule is O=C(CCCC[C@@H]1SC[C@@H]2NC(=O)N[C@@H]21)NCCOCCOCCNCC1=CC=CC1. The zero-order valence-corrected chi connectivity index (χ0v) is 19.0. The maximum atomic E-state index is 11.9. The molecule has 3 aliphatic rings. The Labute approximate surface area is 189 Å². The topological polar surface area (TPSA) is 101 Å². The largest absolute Gasteiger partial charge is 0.378 e. The van der Waals surface area contributed by atoms with Gasteiger partial charge in [0, 0.05) is 37.1 Å². The van der Waals surface area contributed by atoms with Crippen LogP contribution >= 0.6 is 11.8 Å². The van der Waals surface area contributed by atoms with E-state index in [4.69, 9.17) is 9.47 Å². The Hall–Kier alpha value is -1.55. The number of carbonyl (C=O) groups is 2. The Kier molecular flexibility index (Phi) is 10.7. The van der Waals surface area contributed by atoms with E-state index in [1.807, 2.05) is 11.8 Å². The van der Waals surface area contributed by atoms with Gasteiger partial charge in [0.2, 0.25) is 5.91 Å². The lowest BCUT2D eigenvalue weighted by Crippen LogP contribution is -2.36. The molecule has 3 atom stereocenters. The van der Waals surface area contributed by atoms with Crippen LogP contribution in [0.3, 0.4) is 0 Å². The molecule has 2 heterocycles. The third kappa shape index (κ3) is 8.84. The first-order valence-corrected chi connectivity index (χ1v) is 12.4.